The van der Waals surface area contributed by atoms with Crippen LogP contribution in [0.5, 0.6) is 0 Å². The molecule has 0 N–H and O–H groups in total. The van der Waals surface area contributed by atoms with E-state index in [1.165, 1.54) is 77.2 Å². The molecule has 0 aromatic heterocycles. The van der Waals surface area contributed by atoms with Crippen LogP contribution in [0.3, 0.4) is 0 Å². The fourth-order valence-electron chi connectivity index (χ4n) is 4.28. The van der Waals surface area contributed by atoms with E-state index in [-0.39, 0.29) is 0 Å². The summed E-state index contributed by atoms with van der Waals surface area (Å²) in [5.74, 6) is 0.971. The van der Waals surface area contributed by atoms with Crippen LogP contribution in [-0.2, 0) is 0 Å². The van der Waals surface area contributed by atoms with Crippen LogP contribution in [0.2, 0.25) is 0 Å². The van der Waals surface area contributed by atoms with Gasteiger partial charge < -0.3 is 0 Å². The molecule has 0 radical (unpaired) electrons. The largest absolute Gasteiger partial charge is 0.297 e. The highest BCUT2D eigenvalue weighted by atomic mass is 15.2. The molecule has 1 saturated heterocycles. The molecule has 0 aromatic carbocycles. The van der Waals surface area contributed by atoms with Crippen LogP contribution in [0.1, 0.15) is 98.3 Å². The fraction of sp³-hybridized carbons (Fsp3) is 1.00. The summed E-state index contributed by atoms with van der Waals surface area (Å²) in [6.45, 7) is 10.8. The van der Waals surface area contributed by atoms with E-state index in [1.807, 2.05) is 0 Å². The first-order valence-electron chi connectivity index (χ1n) is 9.54. The second-order valence-corrected chi connectivity index (χ2v) is 6.87. The molecule has 20 heavy (non-hydrogen) atoms. The Labute approximate surface area is 128 Å². The summed E-state index contributed by atoms with van der Waals surface area (Å²) in [5, 5.41) is 0. The lowest BCUT2D eigenvalue weighted by molar-refractivity contribution is 0.110. The number of rotatable bonds is 11. The van der Waals surface area contributed by atoms with E-state index in [2.05, 4.69) is 32.6 Å². The summed E-state index contributed by atoms with van der Waals surface area (Å²) in [4.78, 5) is 2.93. The zero-order valence-electron chi connectivity index (χ0n) is 14.7. The van der Waals surface area contributed by atoms with Gasteiger partial charge in [-0.3, -0.25) is 4.90 Å². The first-order valence-corrected chi connectivity index (χ1v) is 9.54. The highest BCUT2D eigenvalue weighted by molar-refractivity contribution is 4.89. The van der Waals surface area contributed by atoms with Crippen molar-refractivity contribution in [1.29, 1.82) is 0 Å². The van der Waals surface area contributed by atoms with Crippen molar-refractivity contribution < 1.29 is 0 Å². The van der Waals surface area contributed by atoms with Gasteiger partial charge in [0.15, 0.2) is 0 Å². The summed E-state index contributed by atoms with van der Waals surface area (Å²) in [5.41, 5.74) is 0. The van der Waals surface area contributed by atoms with Crippen LogP contribution in [0.15, 0.2) is 0 Å². The van der Waals surface area contributed by atoms with Crippen molar-refractivity contribution in [3.05, 3.63) is 0 Å². The molecule has 1 fully saturated rings. The van der Waals surface area contributed by atoms with Gasteiger partial charge in [-0.05, 0) is 51.0 Å². The van der Waals surface area contributed by atoms with Gasteiger partial charge in [-0.1, -0.05) is 59.8 Å². The van der Waals surface area contributed by atoms with Gasteiger partial charge in [-0.15, -0.1) is 0 Å². The Kier molecular flexibility index (Phi) is 9.59. The molecule has 1 heterocycles. The number of likely N-dealkylation sites (tertiary alicyclic amines) is 1. The van der Waals surface area contributed by atoms with E-state index in [0.29, 0.717) is 0 Å². The van der Waals surface area contributed by atoms with Gasteiger partial charge >= 0.3 is 0 Å². The molecule has 0 spiro atoms. The minimum atomic E-state index is 0.874. The lowest BCUT2D eigenvalue weighted by Gasteiger charge is -2.37. The van der Waals surface area contributed by atoms with E-state index in [4.69, 9.17) is 0 Å². The highest BCUT2D eigenvalue weighted by Crippen LogP contribution is 2.33. The topological polar surface area (TPSA) is 3.24 Å². The molecule has 0 aliphatic carbocycles. The maximum Gasteiger partial charge on any atom is 0.0127 e. The SMILES string of the molecule is CCCCC(CCC)C1CCCN1C(CCC)CCC. The predicted molar refractivity (Wildman–Crippen MR) is 91.3 cm³/mol. The molecule has 1 aliphatic rings. The Balaban J connectivity index is 2.67. The standard InChI is InChI=1S/C19H39N/c1-5-9-14-17(11-6-2)19-15-10-16-20(19)18(12-7-3)13-8-4/h17-19H,5-16H2,1-4H3. The number of hydrogen-bond acceptors (Lipinski definition) is 1. The van der Waals surface area contributed by atoms with Gasteiger partial charge in [0, 0.05) is 12.1 Å². The third kappa shape index (κ3) is 5.39. The molecule has 2 atom stereocenters. The molecule has 2 unspecified atom stereocenters. The van der Waals surface area contributed by atoms with E-state index in [1.54, 1.807) is 0 Å². The van der Waals surface area contributed by atoms with Crippen molar-refractivity contribution in [2.24, 2.45) is 5.92 Å². The summed E-state index contributed by atoms with van der Waals surface area (Å²) in [7, 11) is 0. The van der Waals surface area contributed by atoms with Crippen molar-refractivity contribution in [2.75, 3.05) is 6.54 Å². The Morgan fingerprint density at radius 2 is 1.50 bits per heavy atom. The molecular formula is C19H39N. The van der Waals surface area contributed by atoms with Crippen LogP contribution < -0.4 is 0 Å². The third-order valence-electron chi connectivity index (χ3n) is 5.19. The molecule has 1 rings (SSSR count). The minimum absolute atomic E-state index is 0.874. The molecule has 1 heteroatoms. The van der Waals surface area contributed by atoms with E-state index in [0.717, 1.165) is 18.0 Å². The molecular weight excluding hydrogens is 242 g/mol. The van der Waals surface area contributed by atoms with E-state index < -0.39 is 0 Å². The molecule has 0 amide bonds. The van der Waals surface area contributed by atoms with Gasteiger partial charge in [0.05, 0.1) is 0 Å². The highest BCUT2D eigenvalue weighted by Gasteiger charge is 2.34. The van der Waals surface area contributed by atoms with E-state index >= 15 is 0 Å². The summed E-state index contributed by atoms with van der Waals surface area (Å²) in [6, 6.07) is 1.78. The summed E-state index contributed by atoms with van der Waals surface area (Å²) in [6.07, 6.45) is 15.5. The van der Waals surface area contributed by atoms with Crippen molar-refractivity contribution in [2.45, 2.75) is 110 Å². The predicted octanol–water partition coefficient (Wildman–Crippen LogP) is 6.03. The molecule has 0 bridgehead atoms. The zero-order valence-corrected chi connectivity index (χ0v) is 14.7. The van der Waals surface area contributed by atoms with Gasteiger partial charge in [0.2, 0.25) is 0 Å². The second kappa shape index (κ2) is 10.7. The van der Waals surface area contributed by atoms with Crippen molar-refractivity contribution in [3.8, 4) is 0 Å². The normalized spacial score (nSPS) is 21.8. The Morgan fingerprint density at radius 1 is 0.850 bits per heavy atom. The van der Waals surface area contributed by atoms with Crippen molar-refractivity contribution in [1.82, 2.24) is 4.90 Å². The van der Waals surface area contributed by atoms with Crippen molar-refractivity contribution >= 4 is 0 Å². The number of nitrogens with zero attached hydrogens (tertiary/aromatic N) is 1. The minimum Gasteiger partial charge on any atom is -0.297 e. The van der Waals surface area contributed by atoms with Crippen LogP contribution in [0.4, 0.5) is 0 Å². The first kappa shape index (κ1) is 18.0. The molecule has 1 aliphatic heterocycles. The van der Waals surface area contributed by atoms with Gasteiger partial charge in [0.1, 0.15) is 0 Å². The lowest BCUT2D eigenvalue weighted by Crippen LogP contribution is -2.43. The van der Waals surface area contributed by atoms with Crippen LogP contribution in [-0.4, -0.2) is 23.5 Å². The van der Waals surface area contributed by atoms with Gasteiger partial charge in [0.25, 0.3) is 0 Å². The maximum atomic E-state index is 2.93. The molecule has 0 aromatic rings. The Bertz CT molecular complexity index is 220. The van der Waals surface area contributed by atoms with Crippen LogP contribution in [0.25, 0.3) is 0 Å². The summed E-state index contributed by atoms with van der Waals surface area (Å²) < 4.78 is 0. The fourth-order valence-corrected chi connectivity index (χ4v) is 4.28. The maximum absolute atomic E-state index is 2.93. The third-order valence-corrected chi connectivity index (χ3v) is 5.19. The zero-order chi connectivity index (χ0) is 14.8. The number of unbranched alkanes of at least 4 members (excludes halogenated alkanes) is 1. The number of hydrogen-bond donors (Lipinski definition) is 0. The average Bonchev–Trinajstić information content (AvgIpc) is 2.92. The first-order chi connectivity index (χ1) is 9.78. The Morgan fingerprint density at radius 3 is 2.05 bits per heavy atom. The lowest BCUT2D eigenvalue weighted by atomic mass is 9.87. The second-order valence-electron chi connectivity index (χ2n) is 6.87. The van der Waals surface area contributed by atoms with Gasteiger partial charge in [-0.25, -0.2) is 0 Å². The molecule has 1 nitrogen and oxygen atoms in total. The Hall–Kier alpha value is -0.0400. The van der Waals surface area contributed by atoms with Crippen LogP contribution >= 0.6 is 0 Å². The van der Waals surface area contributed by atoms with Crippen LogP contribution in [0, 0.1) is 5.92 Å². The molecule has 120 valence electrons. The average molecular weight is 282 g/mol. The van der Waals surface area contributed by atoms with Crippen molar-refractivity contribution in [3.63, 3.8) is 0 Å². The quantitative estimate of drug-likeness (QED) is 0.447. The van der Waals surface area contributed by atoms with Gasteiger partial charge in [-0.2, -0.15) is 0 Å². The summed E-state index contributed by atoms with van der Waals surface area (Å²) >= 11 is 0. The monoisotopic (exact) mass is 281 g/mol. The smallest absolute Gasteiger partial charge is 0.0127 e. The van der Waals surface area contributed by atoms with E-state index in [9.17, 15) is 0 Å². The molecule has 0 saturated carbocycles.